The number of rotatable bonds is 16. The van der Waals surface area contributed by atoms with Crippen LogP contribution >= 0.6 is 0 Å². The van der Waals surface area contributed by atoms with Crippen LogP contribution in [0.2, 0.25) is 0 Å². The highest BCUT2D eigenvalue weighted by atomic mass is 17.2. The molecular formula is C34H40O6. The van der Waals surface area contributed by atoms with Crippen LogP contribution in [0.15, 0.2) is 72.8 Å². The lowest BCUT2D eigenvalue weighted by Crippen LogP contribution is -2.24. The summed E-state index contributed by atoms with van der Waals surface area (Å²) in [5.41, 5.74) is 4.39. The minimum atomic E-state index is -0.862. The zero-order valence-electron chi connectivity index (χ0n) is 23.8. The SMILES string of the molecule is CCCCCCCCOOC(=O)c1ccc(-c2ccccc2)c(-c2ccc(C(=O)C(C)OC(=O)CCC)cc2)c1. The molecule has 6 nitrogen and oxygen atoms in total. The lowest BCUT2D eigenvalue weighted by molar-refractivity contribution is -0.241. The summed E-state index contributed by atoms with van der Waals surface area (Å²) in [5.74, 6) is -1.20. The van der Waals surface area contributed by atoms with Gasteiger partial charge in [-0.3, -0.25) is 14.5 Å². The molecule has 0 aliphatic carbocycles. The molecule has 0 N–H and O–H groups in total. The molecule has 3 aromatic rings. The molecule has 0 saturated carbocycles. The Kier molecular flexibility index (Phi) is 12.6. The van der Waals surface area contributed by atoms with Crippen molar-refractivity contribution in [2.75, 3.05) is 6.61 Å². The van der Waals surface area contributed by atoms with E-state index in [9.17, 15) is 14.4 Å². The van der Waals surface area contributed by atoms with Gasteiger partial charge in [0.1, 0.15) is 0 Å². The fourth-order valence-corrected chi connectivity index (χ4v) is 4.43. The van der Waals surface area contributed by atoms with Crippen LogP contribution in [-0.4, -0.2) is 30.4 Å². The topological polar surface area (TPSA) is 78.9 Å². The minimum absolute atomic E-state index is 0.265. The molecule has 0 amide bonds. The average Bonchev–Trinajstić information content (AvgIpc) is 2.98. The van der Waals surface area contributed by atoms with Crippen molar-refractivity contribution in [3.8, 4) is 22.3 Å². The van der Waals surface area contributed by atoms with E-state index in [0.717, 1.165) is 41.5 Å². The van der Waals surface area contributed by atoms with Crippen LogP contribution in [0.3, 0.4) is 0 Å². The predicted octanol–water partition coefficient (Wildman–Crippen LogP) is 8.38. The van der Waals surface area contributed by atoms with Crippen molar-refractivity contribution < 1.29 is 28.9 Å². The molecule has 0 bridgehead atoms. The van der Waals surface area contributed by atoms with Gasteiger partial charge in [-0.05, 0) is 54.2 Å². The van der Waals surface area contributed by atoms with Gasteiger partial charge >= 0.3 is 11.9 Å². The van der Waals surface area contributed by atoms with Crippen LogP contribution in [0.4, 0.5) is 0 Å². The second kappa shape index (κ2) is 16.4. The van der Waals surface area contributed by atoms with Crippen LogP contribution in [0, 0.1) is 0 Å². The number of unbranched alkanes of at least 4 members (excludes halogenated alkanes) is 5. The van der Waals surface area contributed by atoms with Crippen molar-refractivity contribution in [1.29, 1.82) is 0 Å². The summed E-state index contributed by atoms with van der Waals surface area (Å²) in [6.07, 6.45) is 6.79. The number of Topliss-reactive ketones (excluding diaryl/α,β-unsaturated/α-hetero) is 1. The number of carbonyl (C=O) groups is 3. The molecule has 3 aromatic carbocycles. The van der Waals surface area contributed by atoms with Crippen molar-refractivity contribution in [2.24, 2.45) is 0 Å². The lowest BCUT2D eigenvalue weighted by atomic mass is 9.92. The van der Waals surface area contributed by atoms with Gasteiger partial charge in [0.15, 0.2) is 6.10 Å². The molecule has 0 aromatic heterocycles. The minimum Gasteiger partial charge on any atom is -0.454 e. The van der Waals surface area contributed by atoms with Crippen molar-refractivity contribution in [3.63, 3.8) is 0 Å². The van der Waals surface area contributed by atoms with E-state index in [0.29, 0.717) is 24.2 Å². The molecule has 0 aliphatic heterocycles. The summed E-state index contributed by atoms with van der Waals surface area (Å²) in [6.45, 7) is 6.02. The van der Waals surface area contributed by atoms with Crippen molar-refractivity contribution in [3.05, 3.63) is 83.9 Å². The zero-order chi connectivity index (χ0) is 28.7. The van der Waals surface area contributed by atoms with Crippen LogP contribution in [0.1, 0.15) is 92.9 Å². The number of carbonyl (C=O) groups excluding carboxylic acids is 3. The normalized spacial score (nSPS) is 11.6. The smallest absolute Gasteiger partial charge is 0.373 e. The molecule has 0 aliphatic rings. The molecular weight excluding hydrogens is 504 g/mol. The third kappa shape index (κ3) is 9.16. The highest BCUT2D eigenvalue weighted by Gasteiger charge is 2.20. The first-order valence-electron chi connectivity index (χ1n) is 14.3. The van der Waals surface area contributed by atoms with Crippen molar-refractivity contribution in [1.82, 2.24) is 0 Å². The third-order valence-corrected chi connectivity index (χ3v) is 6.67. The Morgan fingerprint density at radius 1 is 0.700 bits per heavy atom. The molecule has 0 heterocycles. The summed E-state index contributed by atoms with van der Waals surface area (Å²) in [7, 11) is 0. The fraction of sp³-hybridized carbons (Fsp3) is 0.382. The first kappa shape index (κ1) is 30.8. The van der Waals surface area contributed by atoms with Gasteiger partial charge in [0.25, 0.3) is 0 Å². The quantitative estimate of drug-likeness (QED) is 0.0592. The fourth-order valence-electron chi connectivity index (χ4n) is 4.43. The Labute approximate surface area is 237 Å². The van der Waals surface area contributed by atoms with Gasteiger partial charge in [-0.2, -0.15) is 4.89 Å². The van der Waals surface area contributed by atoms with Crippen molar-refractivity contribution in [2.45, 2.75) is 78.2 Å². The van der Waals surface area contributed by atoms with Crippen molar-refractivity contribution >= 4 is 17.7 Å². The largest absolute Gasteiger partial charge is 0.454 e. The monoisotopic (exact) mass is 544 g/mol. The van der Waals surface area contributed by atoms with Gasteiger partial charge in [-0.1, -0.05) is 107 Å². The van der Waals surface area contributed by atoms with Gasteiger partial charge in [0.05, 0.1) is 12.2 Å². The predicted molar refractivity (Wildman–Crippen MR) is 157 cm³/mol. The van der Waals surface area contributed by atoms with E-state index in [2.05, 4.69) is 6.92 Å². The Balaban J connectivity index is 1.75. The Morgan fingerprint density at radius 2 is 1.35 bits per heavy atom. The highest BCUT2D eigenvalue weighted by Crippen LogP contribution is 2.33. The maximum atomic E-state index is 12.8. The molecule has 0 spiro atoms. The maximum Gasteiger partial charge on any atom is 0.373 e. The molecule has 1 unspecified atom stereocenters. The van der Waals surface area contributed by atoms with E-state index in [1.54, 1.807) is 31.2 Å². The second-order valence-corrected chi connectivity index (χ2v) is 9.91. The molecule has 0 fully saturated rings. The lowest BCUT2D eigenvalue weighted by Gasteiger charge is -2.14. The third-order valence-electron chi connectivity index (χ3n) is 6.67. The van der Waals surface area contributed by atoms with Gasteiger partial charge < -0.3 is 4.74 Å². The number of benzene rings is 3. The Hall–Kier alpha value is -3.77. The first-order valence-corrected chi connectivity index (χ1v) is 14.3. The van der Waals surface area contributed by atoms with E-state index >= 15 is 0 Å². The zero-order valence-corrected chi connectivity index (χ0v) is 23.8. The summed E-state index contributed by atoms with van der Waals surface area (Å²) in [4.78, 5) is 47.7. The Bertz CT molecular complexity index is 1230. The number of hydrogen-bond acceptors (Lipinski definition) is 6. The number of hydrogen-bond donors (Lipinski definition) is 0. The van der Waals surface area contributed by atoms with Gasteiger partial charge in [0.2, 0.25) is 5.78 Å². The summed E-state index contributed by atoms with van der Waals surface area (Å²) in [5, 5.41) is 0. The number of ketones is 1. The van der Waals surface area contributed by atoms with E-state index in [1.165, 1.54) is 19.3 Å². The molecule has 0 saturated heterocycles. The molecule has 6 heteroatoms. The highest BCUT2D eigenvalue weighted by molar-refractivity contribution is 6.01. The summed E-state index contributed by atoms with van der Waals surface area (Å²) in [6, 6.07) is 22.4. The molecule has 3 rings (SSSR count). The van der Waals surface area contributed by atoms with Crippen LogP contribution in [0.5, 0.6) is 0 Å². The van der Waals surface area contributed by atoms with E-state index < -0.39 is 12.1 Å². The van der Waals surface area contributed by atoms with E-state index in [4.69, 9.17) is 14.5 Å². The Morgan fingerprint density at radius 3 is 2.05 bits per heavy atom. The maximum absolute atomic E-state index is 12.8. The summed E-state index contributed by atoms with van der Waals surface area (Å²) < 4.78 is 5.26. The molecule has 0 radical (unpaired) electrons. The van der Waals surface area contributed by atoms with Crippen LogP contribution < -0.4 is 0 Å². The molecule has 1 atom stereocenters. The average molecular weight is 545 g/mol. The molecule has 40 heavy (non-hydrogen) atoms. The number of ether oxygens (including phenoxy) is 1. The second-order valence-electron chi connectivity index (χ2n) is 9.91. The van der Waals surface area contributed by atoms with E-state index in [1.807, 2.05) is 55.5 Å². The summed E-state index contributed by atoms with van der Waals surface area (Å²) >= 11 is 0. The van der Waals surface area contributed by atoms with Crippen LogP contribution in [-0.2, 0) is 19.3 Å². The van der Waals surface area contributed by atoms with Gasteiger partial charge in [-0.15, -0.1) is 0 Å². The first-order chi connectivity index (χ1) is 19.4. The van der Waals surface area contributed by atoms with Gasteiger partial charge in [0, 0.05) is 12.0 Å². The number of esters is 1. The molecule has 212 valence electrons. The van der Waals surface area contributed by atoms with Gasteiger partial charge in [-0.25, -0.2) is 4.79 Å². The van der Waals surface area contributed by atoms with E-state index in [-0.39, 0.29) is 18.2 Å². The van der Waals surface area contributed by atoms with Crippen LogP contribution in [0.25, 0.3) is 22.3 Å². The standard InChI is InChI=1S/C34H40O6/c1-4-6-7-8-9-13-23-38-40-34(37)29-21-22-30(26-15-11-10-12-16-26)31(24-29)27-17-19-28(20-18-27)33(36)25(3)39-32(35)14-5-2/h10-12,15-22,24-25H,4-9,13-14,23H2,1-3H3.